The van der Waals surface area contributed by atoms with Crippen molar-refractivity contribution in [2.24, 2.45) is 0 Å². The van der Waals surface area contributed by atoms with Gasteiger partial charge in [0.2, 0.25) is 10.0 Å². The first-order chi connectivity index (χ1) is 18.0. The minimum Gasteiger partial charge on any atom is -0.465 e. The quantitative estimate of drug-likeness (QED) is 0.289. The van der Waals surface area contributed by atoms with Crippen molar-refractivity contribution in [1.82, 2.24) is 9.21 Å². The highest BCUT2D eigenvalue weighted by Crippen LogP contribution is 2.31. The first kappa shape index (κ1) is 27.4. The molecule has 2 heterocycles. The molecule has 38 heavy (non-hydrogen) atoms. The number of sulfonamides is 1. The Labute approximate surface area is 226 Å². The van der Waals surface area contributed by atoms with Crippen LogP contribution in [0, 0.1) is 6.92 Å². The number of halogens is 1. The number of aryl methyl sites for hydroxylation is 1. The molecule has 0 spiro atoms. The van der Waals surface area contributed by atoms with E-state index in [-0.39, 0.29) is 35.0 Å². The van der Waals surface area contributed by atoms with Gasteiger partial charge in [0.15, 0.2) is 0 Å². The van der Waals surface area contributed by atoms with Gasteiger partial charge in [-0.05, 0) is 61.9 Å². The summed E-state index contributed by atoms with van der Waals surface area (Å²) in [4.78, 5) is 26.6. The van der Waals surface area contributed by atoms with Crippen LogP contribution < -0.4 is 0 Å². The fourth-order valence-corrected chi connectivity index (χ4v) is 5.57. The van der Waals surface area contributed by atoms with Crippen LogP contribution in [0.2, 0.25) is 5.02 Å². The molecule has 1 aromatic heterocycles. The maximum absolute atomic E-state index is 13.6. The molecular formula is C28H27ClN2O6S. The van der Waals surface area contributed by atoms with E-state index in [1.54, 1.807) is 74.6 Å². The number of allylic oxidation sites excluding steroid dienone is 1. The molecule has 0 bridgehead atoms. The van der Waals surface area contributed by atoms with E-state index in [4.69, 9.17) is 20.8 Å². The highest BCUT2D eigenvalue weighted by molar-refractivity contribution is 7.89. The summed E-state index contributed by atoms with van der Waals surface area (Å²) in [7, 11) is -1.07. The van der Waals surface area contributed by atoms with Crippen molar-refractivity contribution in [3.63, 3.8) is 0 Å². The second kappa shape index (κ2) is 11.0. The summed E-state index contributed by atoms with van der Waals surface area (Å²) in [6.07, 6.45) is 1.46. The van der Waals surface area contributed by atoms with Crippen molar-refractivity contribution >= 4 is 39.6 Å². The predicted molar refractivity (Wildman–Crippen MR) is 143 cm³/mol. The number of furan rings is 1. The second-order valence-electron chi connectivity index (χ2n) is 8.89. The van der Waals surface area contributed by atoms with Crippen LogP contribution >= 0.6 is 11.6 Å². The van der Waals surface area contributed by atoms with Crippen molar-refractivity contribution < 1.29 is 27.2 Å². The van der Waals surface area contributed by atoms with Gasteiger partial charge in [0.05, 0.1) is 29.7 Å². The fraction of sp³-hybridized carbons (Fsp3) is 0.214. The van der Waals surface area contributed by atoms with Crippen molar-refractivity contribution in [3.8, 4) is 0 Å². The molecule has 0 saturated carbocycles. The van der Waals surface area contributed by atoms with Crippen LogP contribution in [0.5, 0.6) is 0 Å². The van der Waals surface area contributed by atoms with Gasteiger partial charge in [-0.15, -0.1) is 0 Å². The zero-order valence-corrected chi connectivity index (χ0v) is 23.0. The number of nitrogens with zero attached hydrogens (tertiary/aromatic N) is 2. The maximum atomic E-state index is 13.6. The van der Waals surface area contributed by atoms with E-state index in [0.717, 1.165) is 11.1 Å². The van der Waals surface area contributed by atoms with Crippen LogP contribution in [-0.4, -0.2) is 43.7 Å². The van der Waals surface area contributed by atoms with Gasteiger partial charge in [-0.1, -0.05) is 41.4 Å². The lowest BCUT2D eigenvalue weighted by atomic mass is 10.1. The van der Waals surface area contributed by atoms with Crippen LogP contribution in [0.4, 0.5) is 0 Å². The largest absolute Gasteiger partial charge is 0.465 e. The summed E-state index contributed by atoms with van der Waals surface area (Å²) in [5, 5.41) is 0.549. The Balaban J connectivity index is 1.67. The molecule has 4 rings (SSSR count). The predicted octanol–water partition coefficient (Wildman–Crippen LogP) is 4.93. The minimum atomic E-state index is -3.89. The smallest absolute Gasteiger partial charge is 0.340 e. The van der Waals surface area contributed by atoms with Gasteiger partial charge in [-0.25, -0.2) is 13.2 Å². The SMILES string of the molecule is COC(=O)C1=C(C)N(C)C(=O)/C1=C/c1ccc(CN(Cc2ccc(Cl)cc2)S(=O)(=O)c2ccc(C)cc2)o1. The van der Waals surface area contributed by atoms with Crippen LogP contribution in [0.25, 0.3) is 6.08 Å². The summed E-state index contributed by atoms with van der Waals surface area (Å²) in [6, 6.07) is 16.8. The molecule has 0 N–H and O–H groups in total. The third-order valence-electron chi connectivity index (χ3n) is 6.29. The summed E-state index contributed by atoms with van der Waals surface area (Å²) in [6.45, 7) is 3.57. The van der Waals surface area contributed by atoms with Crippen molar-refractivity contribution in [3.05, 3.63) is 105 Å². The highest BCUT2D eigenvalue weighted by Gasteiger charge is 2.35. The van der Waals surface area contributed by atoms with Gasteiger partial charge < -0.3 is 14.1 Å². The number of rotatable bonds is 8. The first-order valence-electron chi connectivity index (χ1n) is 11.7. The number of likely N-dealkylation sites (N-methyl/N-ethyl adjacent to an activating group) is 1. The number of esters is 1. The Kier molecular flexibility index (Phi) is 7.91. The minimum absolute atomic E-state index is 0.0609. The van der Waals surface area contributed by atoms with E-state index in [0.29, 0.717) is 22.2 Å². The van der Waals surface area contributed by atoms with E-state index in [9.17, 15) is 18.0 Å². The van der Waals surface area contributed by atoms with E-state index in [1.165, 1.54) is 22.4 Å². The third-order valence-corrected chi connectivity index (χ3v) is 8.35. The van der Waals surface area contributed by atoms with Crippen LogP contribution in [-0.2, 0) is 37.4 Å². The molecule has 1 aliphatic heterocycles. The molecule has 198 valence electrons. The lowest BCUT2D eigenvalue weighted by Crippen LogP contribution is -2.30. The van der Waals surface area contributed by atoms with Crippen molar-refractivity contribution in [2.75, 3.05) is 14.2 Å². The molecule has 3 aromatic rings. The molecule has 10 heteroatoms. The van der Waals surface area contributed by atoms with E-state index in [2.05, 4.69) is 0 Å². The van der Waals surface area contributed by atoms with Crippen molar-refractivity contribution in [1.29, 1.82) is 0 Å². The van der Waals surface area contributed by atoms with Crippen LogP contribution in [0.3, 0.4) is 0 Å². The number of carbonyl (C=O) groups is 2. The average molecular weight is 555 g/mol. The standard InChI is InChI=1S/C28H27ClN2O6S/c1-18-5-13-24(14-6-18)38(34,35)31(16-20-7-9-21(29)10-8-20)17-23-12-11-22(37-23)15-25-26(28(33)36-4)19(2)30(3)27(25)32/h5-15H,16-17H2,1-4H3/b25-15+. The van der Waals surface area contributed by atoms with Gasteiger partial charge in [-0.3, -0.25) is 4.79 Å². The molecule has 0 radical (unpaired) electrons. The number of hydrogen-bond acceptors (Lipinski definition) is 6. The molecule has 0 atom stereocenters. The van der Waals surface area contributed by atoms with Gasteiger partial charge >= 0.3 is 5.97 Å². The van der Waals surface area contributed by atoms with Gasteiger partial charge in [0.25, 0.3) is 5.91 Å². The van der Waals surface area contributed by atoms with Crippen molar-refractivity contribution in [2.45, 2.75) is 31.8 Å². The number of methoxy groups -OCH3 is 1. The molecule has 0 fully saturated rings. The molecule has 0 unspecified atom stereocenters. The summed E-state index contributed by atoms with van der Waals surface area (Å²) in [5.74, 6) is -0.337. The average Bonchev–Trinajstić information content (AvgIpc) is 3.42. The number of ether oxygens (including phenoxy) is 1. The number of amides is 1. The molecular weight excluding hydrogens is 528 g/mol. The molecule has 2 aromatic carbocycles. The fourth-order valence-electron chi connectivity index (χ4n) is 4.05. The summed E-state index contributed by atoms with van der Waals surface area (Å²) >= 11 is 6.01. The zero-order chi connectivity index (χ0) is 27.6. The van der Waals surface area contributed by atoms with E-state index in [1.807, 2.05) is 6.92 Å². The first-order valence-corrected chi connectivity index (χ1v) is 13.5. The van der Waals surface area contributed by atoms with E-state index >= 15 is 0 Å². The number of benzene rings is 2. The molecule has 8 nitrogen and oxygen atoms in total. The summed E-state index contributed by atoms with van der Waals surface area (Å²) in [5.41, 5.74) is 2.46. The Morgan fingerprint density at radius 1 is 1.03 bits per heavy atom. The topological polar surface area (TPSA) is 97.1 Å². The van der Waals surface area contributed by atoms with Crippen LogP contribution in [0.15, 0.2) is 86.8 Å². The van der Waals surface area contributed by atoms with Crippen LogP contribution in [0.1, 0.15) is 29.6 Å². The molecule has 0 aliphatic carbocycles. The van der Waals surface area contributed by atoms with Gasteiger partial charge in [0.1, 0.15) is 11.5 Å². The monoisotopic (exact) mass is 554 g/mol. The molecule has 1 amide bonds. The number of hydrogen-bond donors (Lipinski definition) is 0. The Hall–Kier alpha value is -3.66. The normalized spacial score (nSPS) is 15.2. The zero-order valence-electron chi connectivity index (χ0n) is 21.4. The Bertz CT molecular complexity index is 1540. The molecule has 0 saturated heterocycles. The Morgan fingerprint density at radius 3 is 2.32 bits per heavy atom. The lowest BCUT2D eigenvalue weighted by Gasteiger charge is -2.21. The van der Waals surface area contributed by atoms with Gasteiger partial charge in [0, 0.05) is 24.3 Å². The third kappa shape index (κ3) is 5.60. The molecule has 1 aliphatic rings. The van der Waals surface area contributed by atoms with E-state index < -0.39 is 16.0 Å². The maximum Gasteiger partial charge on any atom is 0.340 e. The number of carbonyl (C=O) groups excluding carboxylic acids is 2. The highest BCUT2D eigenvalue weighted by atomic mass is 35.5. The lowest BCUT2D eigenvalue weighted by molar-refractivity contribution is -0.136. The van der Waals surface area contributed by atoms with Gasteiger partial charge in [-0.2, -0.15) is 4.31 Å². The summed E-state index contributed by atoms with van der Waals surface area (Å²) < 4.78 is 39.3. The Morgan fingerprint density at radius 2 is 1.68 bits per heavy atom. The second-order valence-corrected chi connectivity index (χ2v) is 11.3.